The summed E-state index contributed by atoms with van der Waals surface area (Å²) in [6.45, 7) is 1.76. The summed E-state index contributed by atoms with van der Waals surface area (Å²) >= 11 is 0. The maximum atomic E-state index is 10.7. The van der Waals surface area contributed by atoms with Crippen LogP contribution < -0.4 is 0 Å². The van der Waals surface area contributed by atoms with Gasteiger partial charge in [-0.05, 0) is 25.1 Å². The van der Waals surface area contributed by atoms with E-state index in [0.717, 1.165) is 16.6 Å². The van der Waals surface area contributed by atoms with E-state index in [9.17, 15) is 9.90 Å². The Bertz CT molecular complexity index is 528. The maximum Gasteiger partial charge on any atom is 0.323 e. The Morgan fingerprint density at radius 3 is 2.80 bits per heavy atom. The quantitative estimate of drug-likeness (QED) is 0.784. The average Bonchev–Trinajstić information content (AvgIpc) is 2.43. The van der Waals surface area contributed by atoms with Gasteiger partial charge in [0.05, 0.1) is 5.52 Å². The van der Waals surface area contributed by atoms with Gasteiger partial charge in [-0.2, -0.15) is 0 Å². The van der Waals surface area contributed by atoms with Crippen molar-refractivity contribution in [3.63, 3.8) is 0 Å². The van der Waals surface area contributed by atoms with Crippen molar-refractivity contribution >= 4 is 16.9 Å². The molecule has 0 amide bonds. The number of aromatic nitrogens is 1. The topological polar surface area (TPSA) is 62.5 Å². The van der Waals surface area contributed by atoms with E-state index in [-0.39, 0.29) is 12.3 Å². The van der Waals surface area contributed by atoms with Crippen molar-refractivity contribution in [1.82, 2.24) is 4.57 Å². The molecule has 0 aliphatic heterocycles. The Labute approximate surface area is 86.4 Å². The lowest BCUT2D eigenvalue weighted by molar-refractivity contribution is -0.137. The van der Waals surface area contributed by atoms with E-state index >= 15 is 0 Å². The van der Waals surface area contributed by atoms with Gasteiger partial charge >= 0.3 is 5.97 Å². The molecule has 15 heavy (non-hydrogen) atoms. The fourth-order valence-corrected chi connectivity index (χ4v) is 1.73. The lowest BCUT2D eigenvalue weighted by atomic mass is 10.2. The van der Waals surface area contributed by atoms with E-state index in [4.69, 9.17) is 5.11 Å². The van der Waals surface area contributed by atoms with Crippen molar-refractivity contribution in [2.75, 3.05) is 0 Å². The number of hydrogen-bond acceptors (Lipinski definition) is 2. The molecule has 2 N–H and O–H groups in total. The number of phenols is 1. The van der Waals surface area contributed by atoms with Crippen LogP contribution in [0.1, 0.15) is 5.69 Å². The number of nitrogens with zero attached hydrogens (tertiary/aromatic N) is 1. The van der Waals surface area contributed by atoms with Crippen LogP contribution in [0.5, 0.6) is 5.75 Å². The lowest BCUT2D eigenvalue weighted by Crippen LogP contribution is -2.09. The summed E-state index contributed by atoms with van der Waals surface area (Å²) in [5, 5.41) is 19.0. The van der Waals surface area contributed by atoms with Crippen LogP contribution in [0.3, 0.4) is 0 Å². The van der Waals surface area contributed by atoms with Crippen LogP contribution in [-0.2, 0) is 11.3 Å². The molecular formula is C11H11NO3. The molecule has 78 valence electrons. The second-order valence-corrected chi connectivity index (χ2v) is 3.51. The average molecular weight is 205 g/mol. The number of carboxylic acid groups (broad SMARTS) is 1. The molecule has 0 aliphatic carbocycles. The smallest absolute Gasteiger partial charge is 0.323 e. The van der Waals surface area contributed by atoms with Gasteiger partial charge in [0.15, 0.2) is 0 Å². The van der Waals surface area contributed by atoms with E-state index in [0.29, 0.717) is 0 Å². The highest BCUT2D eigenvalue weighted by Crippen LogP contribution is 2.23. The van der Waals surface area contributed by atoms with Crippen molar-refractivity contribution in [2.45, 2.75) is 13.5 Å². The molecule has 0 aliphatic rings. The first kappa shape index (κ1) is 9.58. The van der Waals surface area contributed by atoms with Gasteiger partial charge in [-0.15, -0.1) is 0 Å². The third kappa shape index (κ3) is 1.66. The van der Waals surface area contributed by atoms with Gasteiger partial charge in [0, 0.05) is 17.1 Å². The lowest BCUT2D eigenvalue weighted by Gasteiger charge is -2.04. The molecule has 0 saturated heterocycles. The SMILES string of the molecule is Cc1cc2ccc(O)cc2n1CC(=O)O. The Morgan fingerprint density at radius 1 is 1.40 bits per heavy atom. The number of rotatable bonds is 2. The molecule has 0 spiro atoms. The van der Waals surface area contributed by atoms with Crippen LogP contribution in [0.2, 0.25) is 0 Å². The third-order valence-corrected chi connectivity index (χ3v) is 2.39. The minimum atomic E-state index is -0.890. The maximum absolute atomic E-state index is 10.7. The van der Waals surface area contributed by atoms with E-state index in [1.807, 2.05) is 13.0 Å². The number of aromatic hydroxyl groups is 1. The summed E-state index contributed by atoms with van der Waals surface area (Å²) in [7, 11) is 0. The molecule has 4 heteroatoms. The molecule has 4 nitrogen and oxygen atoms in total. The van der Waals surface area contributed by atoms with Gasteiger partial charge < -0.3 is 14.8 Å². The van der Waals surface area contributed by atoms with Crippen LogP contribution in [0.4, 0.5) is 0 Å². The van der Waals surface area contributed by atoms with Crippen LogP contribution in [0, 0.1) is 6.92 Å². The molecule has 0 radical (unpaired) electrons. The normalized spacial score (nSPS) is 10.7. The number of aliphatic carboxylic acids is 1. The molecule has 0 saturated carbocycles. The zero-order valence-electron chi connectivity index (χ0n) is 8.27. The number of phenolic OH excluding ortho intramolecular Hbond substituents is 1. The summed E-state index contributed by atoms with van der Waals surface area (Å²) in [5.74, 6) is -0.744. The van der Waals surface area contributed by atoms with E-state index in [1.165, 1.54) is 0 Å². The van der Waals surface area contributed by atoms with Gasteiger partial charge in [-0.1, -0.05) is 0 Å². The Morgan fingerprint density at radius 2 is 2.13 bits per heavy atom. The van der Waals surface area contributed by atoms with Gasteiger partial charge in [0.2, 0.25) is 0 Å². The highest BCUT2D eigenvalue weighted by atomic mass is 16.4. The summed E-state index contributed by atoms with van der Waals surface area (Å²) in [4.78, 5) is 10.7. The van der Waals surface area contributed by atoms with Crippen LogP contribution in [-0.4, -0.2) is 20.7 Å². The van der Waals surface area contributed by atoms with Crippen LogP contribution in [0.25, 0.3) is 10.9 Å². The molecule has 1 aromatic carbocycles. The number of carboxylic acids is 1. The van der Waals surface area contributed by atoms with Gasteiger partial charge in [0.25, 0.3) is 0 Å². The molecule has 2 aromatic rings. The molecular weight excluding hydrogens is 194 g/mol. The zero-order chi connectivity index (χ0) is 11.0. The predicted octanol–water partition coefficient (Wildman–Crippen LogP) is 1.74. The third-order valence-electron chi connectivity index (χ3n) is 2.39. The molecule has 0 fully saturated rings. The summed E-state index contributed by atoms with van der Waals surface area (Å²) in [5.41, 5.74) is 1.62. The first-order chi connectivity index (χ1) is 7.08. The molecule has 0 bridgehead atoms. The number of carbonyl (C=O) groups is 1. The van der Waals surface area contributed by atoms with Crippen molar-refractivity contribution in [2.24, 2.45) is 0 Å². The van der Waals surface area contributed by atoms with Gasteiger partial charge in [-0.3, -0.25) is 4.79 Å². The van der Waals surface area contributed by atoms with Crippen LogP contribution in [0.15, 0.2) is 24.3 Å². The predicted molar refractivity (Wildman–Crippen MR) is 56.0 cm³/mol. The summed E-state index contributed by atoms with van der Waals surface area (Å²) in [6, 6.07) is 6.84. The van der Waals surface area contributed by atoms with Crippen molar-refractivity contribution in [1.29, 1.82) is 0 Å². The molecule has 0 unspecified atom stereocenters. The summed E-state index contributed by atoms with van der Waals surface area (Å²) < 4.78 is 1.66. The Kier molecular flexibility index (Phi) is 2.11. The fourth-order valence-electron chi connectivity index (χ4n) is 1.73. The minimum Gasteiger partial charge on any atom is -0.508 e. The monoisotopic (exact) mass is 205 g/mol. The van der Waals surface area contributed by atoms with E-state index in [2.05, 4.69) is 0 Å². The second kappa shape index (κ2) is 3.31. The number of hydrogen-bond donors (Lipinski definition) is 2. The molecule has 0 atom stereocenters. The van der Waals surface area contributed by atoms with Crippen LogP contribution >= 0.6 is 0 Å². The fraction of sp³-hybridized carbons (Fsp3) is 0.182. The number of fused-ring (bicyclic) bond motifs is 1. The summed E-state index contributed by atoms with van der Waals surface area (Å²) in [6.07, 6.45) is 0. The van der Waals surface area contributed by atoms with E-state index in [1.54, 1.807) is 22.8 Å². The van der Waals surface area contributed by atoms with Gasteiger partial charge in [0.1, 0.15) is 12.3 Å². The number of benzene rings is 1. The Hall–Kier alpha value is -1.97. The largest absolute Gasteiger partial charge is 0.508 e. The zero-order valence-corrected chi connectivity index (χ0v) is 8.27. The van der Waals surface area contributed by atoms with Crippen molar-refractivity contribution < 1.29 is 15.0 Å². The number of aryl methyl sites for hydroxylation is 1. The minimum absolute atomic E-state index is 0.0845. The first-order valence-electron chi connectivity index (χ1n) is 4.58. The van der Waals surface area contributed by atoms with Crippen molar-refractivity contribution in [3.8, 4) is 5.75 Å². The highest BCUT2D eigenvalue weighted by molar-refractivity contribution is 5.84. The Balaban J connectivity index is 2.65. The standard InChI is InChI=1S/C11H11NO3/c1-7-4-8-2-3-9(13)5-10(8)12(7)6-11(14)15/h2-5,13H,6H2,1H3,(H,14,15). The highest BCUT2D eigenvalue weighted by Gasteiger charge is 2.08. The second-order valence-electron chi connectivity index (χ2n) is 3.51. The molecule has 1 heterocycles. The molecule has 2 rings (SSSR count). The van der Waals surface area contributed by atoms with Crippen molar-refractivity contribution in [3.05, 3.63) is 30.0 Å². The first-order valence-corrected chi connectivity index (χ1v) is 4.58. The van der Waals surface area contributed by atoms with E-state index < -0.39 is 5.97 Å². The molecule has 1 aromatic heterocycles. The van der Waals surface area contributed by atoms with Gasteiger partial charge in [-0.25, -0.2) is 0 Å².